The molecule has 0 amide bonds. The van der Waals surface area contributed by atoms with Crippen molar-refractivity contribution < 1.29 is 0 Å². The molecule has 0 saturated carbocycles. The Labute approximate surface area is 102 Å². The summed E-state index contributed by atoms with van der Waals surface area (Å²) >= 11 is 0. The molecule has 3 heteroatoms. The maximum atomic E-state index is 11.8. The maximum Gasteiger partial charge on any atom is 0.348 e. The molecule has 1 heterocycles. The summed E-state index contributed by atoms with van der Waals surface area (Å²) in [5.41, 5.74) is 1.50. The minimum Gasteiger partial charge on any atom is -0.295 e. The Bertz CT molecular complexity index is 591. The Morgan fingerprint density at radius 1 is 1.18 bits per heavy atom. The van der Waals surface area contributed by atoms with Gasteiger partial charge in [0.2, 0.25) is 0 Å². The number of nitrogens with zero attached hydrogens (tertiary/aromatic N) is 2. The number of rotatable bonds is 0. The van der Waals surface area contributed by atoms with Crippen molar-refractivity contribution in [1.82, 2.24) is 9.55 Å². The third-order valence-corrected chi connectivity index (χ3v) is 2.73. The van der Waals surface area contributed by atoms with Crippen LogP contribution < -0.4 is 5.69 Å². The van der Waals surface area contributed by atoms with Gasteiger partial charge in [-0.2, -0.15) is 4.98 Å². The van der Waals surface area contributed by atoms with Crippen LogP contribution in [0.3, 0.4) is 0 Å². The molecule has 0 aliphatic carbocycles. The summed E-state index contributed by atoms with van der Waals surface area (Å²) in [5.74, 6) is 0. The first kappa shape index (κ1) is 13.4. The van der Waals surface area contributed by atoms with Gasteiger partial charge in [0.15, 0.2) is 0 Å². The van der Waals surface area contributed by atoms with E-state index in [-0.39, 0.29) is 18.5 Å². The summed E-state index contributed by atoms with van der Waals surface area (Å²) in [6.07, 6.45) is 0. The fourth-order valence-corrected chi connectivity index (χ4v) is 1.87. The Kier molecular flexibility index (Phi) is 3.41. The molecule has 0 atom stereocenters. The van der Waals surface area contributed by atoms with E-state index in [4.69, 9.17) is 0 Å². The van der Waals surface area contributed by atoms with Crippen LogP contribution in [0.4, 0.5) is 0 Å². The molecule has 0 radical (unpaired) electrons. The monoisotopic (exact) mass is 232 g/mol. The summed E-state index contributed by atoms with van der Waals surface area (Å²) < 4.78 is 1.59. The van der Waals surface area contributed by atoms with Crippen LogP contribution in [0.15, 0.2) is 29.1 Å². The zero-order valence-corrected chi connectivity index (χ0v) is 10.1. The molecular weight excluding hydrogens is 212 g/mol. The van der Waals surface area contributed by atoms with Gasteiger partial charge < -0.3 is 0 Å². The Hall–Kier alpha value is -1.64. The van der Waals surface area contributed by atoms with E-state index in [9.17, 15) is 4.79 Å². The van der Waals surface area contributed by atoms with Crippen molar-refractivity contribution in [3.63, 3.8) is 0 Å². The molecule has 0 unspecified atom stereocenters. The molecule has 0 saturated heterocycles. The van der Waals surface area contributed by atoms with Crippen molar-refractivity contribution in [2.75, 3.05) is 0 Å². The van der Waals surface area contributed by atoms with Gasteiger partial charge >= 0.3 is 5.69 Å². The maximum absolute atomic E-state index is 11.8. The highest BCUT2D eigenvalue weighted by Crippen LogP contribution is 2.26. The SMILES string of the molecule is C.Cn1c(=O)nc(C(C)(C)C)c2ccccc21. The van der Waals surface area contributed by atoms with Crippen molar-refractivity contribution in [3.05, 3.63) is 40.4 Å². The number of benzene rings is 1. The quantitative estimate of drug-likeness (QED) is 0.700. The summed E-state index contributed by atoms with van der Waals surface area (Å²) in [5, 5.41) is 1.05. The lowest BCUT2D eigenvalue weighted by Crippen LogP contribution is -2.26. The molecule has 0 bridgehead atoms. The van der Waals surface area contributed by atoms with E-state index in [0.29, 0.717) is 0 Å². The van der Waals surface area contributed by atoms with E-state index >= 15 is 0 Å². The van der Waals surface area contributed by atoms with E-state index in [1.807, 2.05) is 24.3 Å². The lowest BCUT2D eigenvalue weighted by molar-refractivity contribution is 0.567. The Morgan fingerprint density at radius 2 is 1.76 bits per heavy atom. The van der Waals surface area contributed by atoms with E-state index < -0.39 is 0 Å². The summed E-state index contributed by atoms with van der Waals surface area (Å²) in [6.45, 7) is 6.21. The molecule has 2 aromatic rings. The van der Waals surface area contributed by atoms with Gasteiger partial charge in [-0.3, -0.25) is 4.57 Å². The van der Waals surface area contributed by atoms with E-state index in [2.05, 4.69) is 25.8 Å². The first-order valence-corrected chi connectivity index (χ1v) is 5.37. The molecule has 0 N–H and O–H groups in total. The van der Waals surface area contributed by atoms with E-state index in [1.54, 1.807) is 11.6 Å². The highest BCUT2D eigenvalue weighted by atomic mass is 16.1. The highest BCUT2D eigenvalue weighted by molar-refractivity contribution is 5.82. The number of aryl methyl sites for hydroxylation is 1. The first-order chi connectivity index (χ1) is 7.41. The molecule has 0 spiro atoms. The van der Waals surface area contributed by atoms with Gasteiger partial charge in [0.1, 0.15) is 0 Å². The third kappa shape index (κ3) is 2.23. The smallest absolute Gasteiger partial charge is 0.295 e. The first-order valence-electron chi connectivity index (χ1n) is 5.37. The van der Waals surface area contributed by atoms with Gasteiger partial charge in [0.05, 0.1) is 11.2 Å². The van der Waals surface area contributed by atoms with Crippen molar-refractivity contribution in [2.45, 2.75) is 33.6 Å². The van der Waals surface area contributed by atoms with Gasteiger partial charge in [0, 0.05) is 17.8 Å². The number of aromatic nitrogens is 2. The predicted molar refractivity (Wildman–Crippen MR) is 72.4 cm³/mol. The minimum absolute atomic E-state index is 0. The van der Waals surface area contributed by atoms with E-state index in [0.717, 1.165) is 16.6 Å². The number of para-hydroxylation sites is 1. The average molecular weight is 232 g/mol. The van der Waals surface area contributed by atoms with E-state index in [1.165, 1.54) is 0 Å². The second-order valence-electron chi connectivity index (χ2n) is 5.07. The van der Waals surface area contributed by atoms with Crippen LogP contribution in [-0.4, -0.2) is 9.55 Å². The zero-order chi connectivity index (χ0) is 11.9. The molecule has 1 aromatic carbocycles. The summed E-state index contributed by atoms with van der Waals surface area (Å²) in [7, 11) is 1.75. The lowest BCUT2D eigenvalue weighted by Gasteiger charge is -2.20. The number of hydrogen-bond donors (Lipinski definition) is 0. The van der Waals surface area contributed by atoms with Crippen molar-refractivity contribution in [3.8, 4) is 0 Å². The second-order valence-corrected chi connectivity index (χ2v) is 5.07. The van der Waals surface area contributed by atoms with Crippen LogP contribution in [0, 0.1) is 0 Å². The summed E-state index contributed by atoms with van der Waals surface area (Å²) in [4.78, 5) is 15.9. The minimum atomic E-state index is -0.191. The van der Waals surface area contributed by atoms with Crippen LogP contribution in [0.1, 0.15) is 33.9 Å². The number of hydrogen-bond acceptors (Lipinski definition) is 2. The molecule has 92 valence electrons. The molecule has 17 heavy (non-hydrogen) atoms. The average Bonchev–Trinajstić information content (AvgIpc) is 2.22. The van der Waals surface area contributed by atoms with Crippen LogP contribution in [0.25, 0.3) is 10.9 Å². The molecule has 0 fully saturated rings. The topological polar surface area (TPSA) is 34.9 Å². The standard InChI is InChI=1S/C13H16N2O.CH4/c1-13(2,3)11-9-7-5-6-8-10(9)15(4)12(16)14-11;/h5-8H,1-4H3;1H4. The fourth-order valence-electron chi connectivity index (χ4n) is 1.87. The largest absolute Gasteiger partial charge is 0.348 e. The molecular formula is C14H20N2O. The third-order valence-electron chi connectivity index (χ3n) is 2.73. The zero-order valence-electron chi connectivity index (χ0n) is 10.1. The molecule has 3 nitrogen and oxygen atoms in total. The van der Waals surface area contributed by atoms with Gasteiger partial charge in [-0.15, -0.1) is 0 Å². The second kappa shape index (κ2) is 4.32. The number of fused-ring (bicyclic) bond motifs is 1. The molecule has 0 aliphatic rings. The van der Waals surface area contributed by atoms with Crippen LogP contribution >= 0.6 is 0 Å². The van der Waals surface area contributed by atoms with Crippen molar-refractivity contribution >= 4 is 10.9 Å². The van der Waals surface area contributed by atoms with Crippen LogP contribution in [-0.2, 0) is 12.5 Å². The van der Waals surface area contributed by atoms with Crippen molar-refractivity contribution in [2.24, 2.45) is 7.05 Å². The fraction of sp³-hybridized carbons (Fsp3) is 0.429. The normalized spacial score (nSPS) is 11.3. The van der Waals surface area contributed by atoms with Gasteiger partial charge in [-0.1, -0.05) is 46.4 Å². The highest BCUT2D eigenvalue weighted by Gasteiger charge is 2.20. The summed E-state index contributed by atoms with van der Waals surface area (Å²) in [6, 6.07) is 7.88. The van der Waals surface area contributed by atoms with Gasteiger partial charge in [0.25, 0.3) is 0 Å². The Balaban J connectivity index is 0.00000144. The van der Waals surface area contributed by atoms with Gasteiger partial charge in [-0.25, -0.2) is 4.79 Å². The van der Waals surface area contributed by atoms with Crippen LogP contribution in [0.5, 0.6) is 0 Å². The molecule has 0 aliphatic heterocycles. The molecule has 1 aromatic heterocycles. The Morgan fingerprint density at radius 3 is 2.35 bits per heavy atom. The van der Waals surface area contributed by atoms with Gasteiger partial charge in [-0.05, 0) is 6.07 Å². The predicted octanol–water partition coefficient (Wildman–Crippen LogP) is 2.87. The lowest BCUT2D eigenvalue weighted by atomic mass is 9.89. The van der Waals surface area contributed by atoms with Crippen molar-refractivity contribution in [1.29, 1.82) is 0 Å². The van der Waals surface area contributed by atoms with Crippen LogP contribution in [0.2, 0.25) is 0 Å². The molecule has 2 rings (SSSR count).